The zero-order valence-corrected chi connectivity index (χ0v) is 13.9. The van der Waals surface area contributed by atoms with E-state index in [1.54, 1.807) is 0 Å². The van der Waals surface area contributed by atoms with Crippen LogP contribution >= 0.6 is 0 Å². The van der Waals surface area contributed by atoms with Crippen molar-refractivity contribution in [2.75, 3.05) is 30.4 Å². The van der Waals surface area contributed by atoms with Crippen LogP contribution in [0.5, 0.6) is 0 Å². The van der Waals surface area contributed by atoms with Crippen molar-refractivity contribution in [3.05, 3.63) is 36.0 Å². The number of benzene rings is 1. The predicted molar refractivity (Wildman–Crippen MR) is 93.5 cm³/mol. The molecule has 0 radical (unpaired) electrons. The highest BCUT2D eigenvalue weighted by molar-refractivity contribution is 5.89. The second-order valence-electron chi connectivity index (χ2n) is 5.58. The summed E-state index contributed by atoms with van der Waals surface area (Å²) in [6.45, 7) is 7.68. The molecule has 1 rings (SSSR count). The van der Waals surface area contributed by atoms with E-state index in [4.69, 9.17) is 10.2 Å². The van der Waals surface area contributed by atoms with Crippen LogP contribution in [0.1, 0.15) is 25.8 Å². The van der Waals surface area contributed by atoms with E-state index in [0.717, 1.165) is 35.5 Å². The molecular formula is C17H27N3O3. The van der Waals surface area contributed by atoms with Crippen LogP contribution in [0, 0.1) is 0 Å². The summed E-state index contributed by atoms with van der Waals surface area (Å²) >= 11 is 0. The van der Waals surface area contributed by atoms with E-state index in [1.807, 2.05) is 25.1 Å². The van der Waals surface area contributed by atoms with Gasteiger partial charge in [0.25, 0.3) is 0 Å². The lowest BCUT2D eigenvalue weighted by Gasteiger charge is -2.15. The van der Waals surface area contributed by atoms with E-state index in [-0.39, 0.29) is 25.2 Å². The van der Waals surface area contributed by atoms with Gasteiger partial charge in [-0.05, 0) is 50.1 Å². The molecule has 0 saturated carbocycles. The van der Waals surface area contributed by atoms with Gasteiger partial charge in [-0.15, -0.1) is 0 Å². The summed E-state index contributed by atoms with van der Waals surface area (Å²) in [4.78, 5) is 11.3. The van der Waals surface area contributed by atoms with E-state index in [1.165, 1.54) is 6.92 Å². The molecule has 0 saturated heterocycles. The Morgan fingerprint density at radius 2 is 1.91 bits per heavy atom. The molecule has 0 aliphatic carbocycles. The fourth-order valence-corrected chi connectivity index (χ4v) is 2.21. The number of hydrogen-bond acceptors (Lipinski definition) is 5. The van der Waals surface area contributed by atoms with Crippen molar-refractivity contribution in [3.63, 3.8) is 0 Å². The van der Waals surface area contributed by atoms with Crippen LogP contribution in [0.15, 0.2) is 30.5 Å². The summed E-state index contributed by atoms with van der Waals surface area (Å²) in [6, 6.07) is 5.48. The standard InChI is InChI=1S/C17H27N3O3/c1-12(2)19-15-6-7-17(20-13(3)23)14(9-15)5-4-8-18-16(10-21)11-22/h6-7,9,16,18-19,21-22H,1,4-5,8,10-11H2,2-3H3,(H,20,23). The Bertz CT molecular complexity index is 528. The Morgan fingerprint density at radius 3 is 2.48 bits per heavy atom. The number of aliphatic hydroxyl groups is 2. The summed E-state index contributed by atoms with van der Waals surface area (Å²) in [5.74, 6) is -0.106. The number of anilines is 2. The largest absolute Gasteiger partial charge is 0.395 e. The maximum atomic E-state index is 11.3. The highest BCUT2D eigenvalue weighted by Gasteiger charge is 2.07. The quantitative estimate of drug-likeness (QED) is 0.421. The number of carbonyl (C=O) groups excluding carboxylic acids is 1. The third kappa shape index (κ3) is 7.27. The smallest absolute Gasteiger partial charge is 0.221 e. The van der Waals surface area contributed by atoms with Crippen molar-refractivity contribution in [1.29, 1.82) is 0 Å². The van der Waals surface area contributed by atoms with Gasteiger partial charge >= 0.3 is 0 Å². The van der Waals surface area contributed by atoms with Crippen LogP contribution < -0.4 is 16.0 Å². The van der Waals surface area contributed by atoms with Crippen molar-refractivity contribution >= 4 is 17.3 Å². The van der Waals surface area contributed by atoms with Crippen molar-refractivity contribution < 1.29 is 15.0 Å². The molecule has 23 heavy (non-hydrogen) atoms. The molecule has 6 heteroatoms. The minimum atomic E-state index is -0.291. The van der Waals surface area contributed by atoms with Gasteiger partial charge in [0.15, 0.2) is 0 Å². The first-order valence-corrected chi connectivity index (χ1v) is 7.74. The van der Waals surface area contributed by atoms with Crippen LogP contribution in [0.25, 0.3) is 0 Å². The SMILES string of the molecule is C=C(C)Nc1ccc(NC(C)=O)c(CCCNC(CO)CO)c1. The van der Waals surface area contributed by atoms with Crippen LogP contribution in [-0.4, -0.2) is 41.9 Å². The van der Waals surface area contributed by atoms with Gasteiger partial charge in [-0.25, -0.2) is 0 Å². The van der Waals surface area contributed by atoms with Crippen LogP contribution in [0.3, 0.4) is 0 Å². The Labute approximate surface area is 137 Å². The zero-order chi connectivity index (χ0) is 17.2. The van der Waals surface area contributed by atoms with Crippen molar-refractivity contribution in [2.24, 2.45) is 0 Å². The molecular weight excluding hydrogens is 294 g/mol. The van der Waals surface area contributed by atoms with Gasteiger partial charge in [0.05, 0.1) is 19.3 Å². The number of allylic oxidation sites excluding steroid dienone is 1. The average molecular weight is 321 g/mol. The van der Waals surface area contributed by atoms with Gasteiger partial charge < -0.3 is 26.2 Å². The highest BCUT2D eigenvalue weighted by Crippen LogP contribution is 2.23. The molecule has 0 fully saturated rings. The fraction of sp³-hybridized carbons (Fsp3) is 0.471. The Kier molecular flexibility index (Phi) is 8.32. The first-order valence-electron chi connectivity index (χ1n) is 7.74. The average Bonchev–Trinajstić information content (AvgIpc) is 2.48. The van der Waals surface area contributed by atoms with E-state index < -0.39 is 0 Å². The maximum absolute atomic E-state index is 11.3. The Balaban J connectivity index is 2.71. The van der Waals surface area contributed by atoms with Crippen LogP contribution in [0.4, 0.5) is 11.4 Å². The fourth-order valence-electron chi connectivity index (χ4n) is 2.21. The third-order valence-electron chi connectivity index (χ3n) is 3.27. The molecule has 0 unspecified atom stereocenters. The first-order chi connectivity index (χ1) is 11.0. The van der Waals surface area contributed by atoms with Crippen LogP contribution in [0.2, 0.25) is 0 Å². The Morgan fingerprint density at radius 1 is 1.22 bits per heavy atom. The molecule has 1 aromatic carbocycles. The molecule has 0 aliphatic rings. The van der Waals surface area contributed by atoms with Gasteiger partial charge in [0.2, 0.25) is 5.91 Å². The lowest BCUT2D eigenvalue weighted by molar-refractivity contribution is -0.114. The normalized spacial score (nSPS) is 10.7. The third-order valence-corrected chi connectivity index (χ3v) is 3.27. The van der Waals surface area contributed by atoms with Crippen molar-refractivity contribution in [2.45, 2.75) is 32.7 Å². The summed E-state index contributed by atoms with van der Waals surface area (Å²) in [6.07, 6.45) is 1.58. The van der Waals surface area contributed by atoms with Gasteiger partial charge in [0, 0.05) is 24.0 Å². The molecule has 5 N–H and O–H groups in total. The van der Waals surface area contributed by atoms with E-state index in [9.17, 15) is 4.79 Å². The molecule has 1 aromatic rings. The molecule has 0 heterocycles. The highest BCUT2D eigenvalue weighted by atomic mass is 16.3. The van der Waals surface area contributed by atoms with E-state index >= 15 is 0 Å². The molecule has 6 nitrogen and oxygen atoms in total. The van der Waals surface area contributed by atoms with Gasteiger partial charge in [-0.2, -0.15) is 0 Å². The number of amides is 1. The van der Waals surface area contributed by atoms with E-state index in [2.05, 4.69) is 22.5 Å². The summed E-state index contributed by atoms with van der Waals surface area (Å²) in [5, 5.41) is 27.1. The maximum Gasteiger partial charge on any atom is 0.221 e. The van der Waals surface area contributed by atoms with Gasteiger partial charge in [-0.3, -0.25) is 4.79 Å². The summed E-state index contributed by atoms with van der Waals surface area (Å²) in [5.41, 5.74) is 3.60. The number of aryl methyl sites for hydroxylation is 1. The molecule has 1 amide bonds. The number of rotatable bonds is 10. The lowest BCUT2D eigenvalue weighted by atomic mass is 10.1. The van der Waals surface area contributed by atoms with Gasteiger partial charge in [-0.1, -0.05) is 6.58 Å². The molecule has 0 aromatic heterocycles. The number of carbonyl (C=O) groups is 1. The monoisotopic (exact) mass is 321 g/mol. The topological polar surface area (TPSA) is 93.6 Å². The minimum Gasteiger partial charge on any atom is -0.395 e. The molecule has 0 spiro atoms. The first kappa shape index (κ1) is 19.2. The van der Waals surface area contributed by atoms with Crippen molar-refractivity contribution in [1.82, 2.24) is 5.32 Å². The number of aliphatic hydroxyl groups excluding tert-OH is 2. The zero-order valence-electron chi connectivity index (χ0n) is 13.9. The summed E-state index contributed by atoms with van der Waals surface area (Å²) < 4.78 is 0. The number of hydrogen-bond donors (Lipinski definition) is 5. The van der Waals surface area contributed by atoms with Crippen LogP contribution in [-0.2, 0) is 11.2 Å². The molecule has 128 valence electrons. The van der Waals surface area contributed by atoms with Gasteiger partial charge in [0.1, 0.15) is 0 Å². The van der Waals surface area contributed by atoms with E-state index in [0.29, 0.717) is 6.54 Å². The second-order valence-corrected chi connectivity index (χ2v) is 5.58. The molecule has 0 aliphatic heterocycles. The summed E-state index contributed by atoms with van der Waals surface area (Å²) in [7, 11) is 0. The lowest BCUT2D eigenvalue weighted by Crippen LogP contribution is -2.36. The van der Waals surface area contributed by atoms with Crippen molar-refractivity contribution in [3.8, 4) is 0 Å². The Hall–Kier alpha value is -1.89. The minimum absolute atomic E-state index is 0.0916. The second kappa shape index (κ2) is 9.99. The predicted octanol–water partition coefficient (Wildman–Crippen LogP) is 1.47. The molecule has 0 atom stereocenters. The number of nitrogens with one attached hydrogen (secondary N) is 3. The molecule has 0 bridgehead atoms.